The van der Waals surface area contributed by atoms with Crippen LogP contribution < -0.4 is 20.7 Å². The summed E-state index contributed by atoms with van der Waals surface area (Å²) in [5.74, 6) is -0.0767. The number of rotatable bonds is 6. The molecular formula is C30H38F2N6O3. The van der Waals surface area contributed by atoms with Crippen molar-refractivity contribution >= 4 is 17.3 Å². The van der Waals surface area contributed by atoms with Gasteiger partial charge in [-0.2, -0.15) is 9.97 Å². The minimum atomic E-state index is -0.847. The molecule has 41 heavy (non-hydrogen) atoms. The van der Waals surface area contributed by atoms with Crippen LogP contribution in [-0.4, -0.2) is 77.2 Å². The van der Waals surface area contributed by atoms with Gasteiger partial charge in [-0.1, -0.05) is 0 Å². The lowest BCUT2D eigenvalue weighted by Gasteiger charge is -2.37. The molecule has 220 valence electrons. The van der Waals surface area contributed by atoms with Gasteiger partial charge in [-0.15, -0.1) is 0 Å². The van der Waals surface area contributed by atoms with E-state index in [1.54, 1.807) is 6.92 Å². The molecule has 3 N–H and O–H groups in total. The van der Waals surface area contributed by atoms with Crippen LogP contribution in [0.15, 0.2) is 6.07 Å². The van der Waals surface area contributed by atoms with E-state index in [4.69, 9.17) is 25.2 Å². The molecule has 6 heterocycles. The number of Topliss-reactive ketones (excluding diaryl/α,β-unsaturated/α-hetero) is 1. The number of ketones is 1. The highest BCUT2D eigenvalue weighted by Gasteiger charge is 2.49. The van der Waals surface area contributed by atoms with Gasteiger partial charge in [-0.05, 0) is 57.7 Å². The van der Waals surface area contributed by atoms with Gasteiger partial charge in [-0.3, -0.25) is 9.69 Å². The van der Waals surface area contributed by atoms with Crippen molar-refractivity contribution in [2.75, 3.05) is 43.4 Å². The lowest BCUT2D eigenvalue weighted by Crippen LogP contribution is -2.52. The molecule has 0 spiro atoms. The van der Waals surface area contributed by atoms with E-state index in [1.807, 2.05) is 0 Å². The zero-order chi connectivity index (χ0) is 28.5. The van der Waals surface area contributed by atoms with Crippen LogP contribution in [0.4, 0.5) is 20.3 Å². The van der Waals surface area contributed by atoms with E-state index in [9.17, 15) is 9.18 Å². The highest BCUT2D eigenvalue weighted by atomic mass is 19.1. The fourth-order valence-electron chi connectivity index (χ4n) is 7.98. The summed E-state index contributed by atoms with van der Waals surface area (Å²) in [4.78, 5) is 26.8. The number of anilines is 2. The molecule has 0 aliphatic carbocycles. The Morgan fingerprint density at radius 2 is 2.05 bits per heavy atom. The number of nitrogens with one attached hydrogen (secondary N) is 1. The number of hydrogen-bond donors (Lipinski definition) is 2. The number of carbonyl (C=O) groups excluding carboxylic acids is 1. The Labute approximate surface area is 238 Å². The van der Waals surface area contributed by atoms with E-state index < -0.39 is 18.1 Å². The Morgan fingerprint density at radius 3 is 2.80 bits per heavy atom. The molecule has 5 aliphatic rings. The van der Waals surface area contributed by atoms with Crippen molar-refractivity contribution in [1.29, 1.82) is 0 Å². The third-order valence-electron chi connectivity index (χ3n) is 9.80. The van der Waals surface area contributed by atoms with Crippen LogP contribution in [0.1, 0.15) is 77.9 Å². The normalized spacial score (nSPS) is 30.9. The molecular weight excluding hydrogens is 530 g/mol. The van der Waals surface area contributed by atoms with Gasteiger partial charge in [0, 0.05) is 61.2 Å². The summed E-state index contributed by atoms with van der Waals surface area (Å²) < 4.78 is 42.5. The monoisotopic (exact) mass is 568 g/mol. The number of alkyl halides is 1. The summed E-state index contributed by atoms with van der Waals surface area (Å²) in [5, 5.41) is 3.66. The van der Waals surface area contributed by atoms with Gasteiger partial charge in [0.15, 0.2) is 11.6 Å². The highest BCUT2D eigenvalue weighted by Crippen LogP contribution is 2.42. The molecule has 5 atom stereocenters. The van der Waals surface area contributed by atoms with Gasteiger partial charge >= 0.3 is 6.01 Å². The number of halogens is 2. The molecule has 5 aliphatic heterocycles. The molecule has 0 saturated carbocycles. The molecule has 11 heteroatoms. The SMILES string of the molecule is CC(=O)c1c(C)cc(N)c(F)c1[C@@H]1Cc2nc(OC[C@@]34CCCN3C[C@H](F)C4)nc(N3CC4CCC(C3)N4)c2CO1. The predicted molar refractivity (Wildman–Crippen MR) is 150 cm³/mol. The Bertz CT molecular complexity index is 1380. The summed E-state index contributed by atoms with van der Waals surface area (Å²) >= 11 is 0. The van der Waals surface area contributed by atoms with E-state index in [1.165, 1.54) is 13.0 Å². The van der Waals surface area contributed by atoms with Crippen LogP contribution in [-0.2, 0) is 17.8 Å². The van der Waals surface area contributed by atoms with Crippen molar-refractivity contribution < 1.29 is 23.0 Å². The third kappa shape index (κ3) is 4.66. The Morgan fingerprint density at radius 1 is 1.27 bits per heavy atom. The Balaban J connectivity index is 1.24. The molecule has 2 unspecified atom stereocenters. The summed E-state index contributed by atoms with van der Waals surface area (Å²) in [6.07, 6.45) is 3.31. The maximum atomic E-state index is 15.5. The van der Waals surface area contributed by atoms with Crippen LogP contribution in [0, 0.1) is 12.7 Å². The number of piperazine rings is 1. The topological polar surface area (TPSA) is 106 Å². The average molecular weight is 569 g/mol. The van der Waals surface area contributed by atoms with Crippen LogP contribution >= 0.6 is 0 Å². The molecule has 1 aromatic carbocycles. The summed E-state index contributed by atoms with van der Waals surface area (Å²) in [7, 11) is 0. The number of aryl methyl sites for hydroxylation is 1. The molecule has 2 aromatic rings. The molecule has 4 saturated heterocycles. The van der Waals surface area contributed by atoms with Crippen molar-refractivity contribution in [2.24, 2.45) is 0 Å². The zero-order valence-electron chi connectivity index (χ0n) is 23.7. The molecule has 4 fully saturated rings. The van der Waals surface area contributed by atoms with Crippen molar-refractivity contribution in [3.05, 3.63) is 39.8 Å². The number of fused-ring (bicyclic) bond motifs is 4. The minimum Gasteiger partial charge on any atom is -0.461 e. The number of nitrogens with two attached hydrogens (primary N) is 1. The standard InChI is InChI=1S/C30H38F2N6O3/c1-16-8-22(33)27(32)26(25(16)17(2)39)24-9-23-21(14-40-24)28(37-12-19-4-5-20(13-37)34-19)36-29(35-23)41-15-30-6-3-7-38(30)11-18(31)10-30/h8,18-20,24,34H,3-7,9-15,33H2,1-2H3/t18-,19?,20?,24+,30+/m1/s1. The number of carbonyl (C=O) groups is 1. The van der Waals surface area contributed by atoms with E-state index in [-0.39, 0.29) is 41.6 Å². The second-order valence-electron chi connectivity index (χ2n) is 12.6. The van der Waals surface area contributed by atoms with Crippen LogP contribution in [0.3, 0.4) is 0 Å². The van der Waals surface area contributed by atoms with E-state index in [2.05, 4.69) is 15.1 Å². The maximum absolute atomic E-state index is 15.5. The fourth-order valence-corrected chi connectivity index (χ4v) is 7.98. The van der Waals surface area contributed by atoms with E-state index in [0.717, 1.165) is 62.4 Å². The average Bonchev–Trinajstić information content (AvgIpc) is 3.58. The third-order valence-corrected chi connectivity index (χ3v) is 9.80. The molecule has 9 nitrogen and oxygen atoms in total. The minimum absolute atomic E-state index is 0.0105. The zero-order valence-corrected chi connectivity index (χ0v) is 23.7. The van der Waals surface area contributed by atoms with Gasteiger partial charge in [0.2, 0.25) is 0 Å². The Hall–Kier alpha value is -2.89. The second kappa shape index (κ2) is 10.1. The number of nitrogen functional groups attached to an aromatic ring is 1. The molecule has 2 bridgehead atoms. The van der Waals surface area contributed by atoms with E-state index in [0.29, 0.717) is 42.8 Å². The van der Waals surface area contributed by atoms with Gasteiger partial charge < -0.3 is 25.4 Å². The first-order valence-electron chi connectivity index (χ1n) is 14.8. The Kier molecular flexibility index (Phi) is 6.67. The van der Waals surface area contributed by atoms with Crippen molar-refractivity contribution in [3.8, 4) is 6.01 Å². The molecule has 1 aromatic heterocycles. The summed E-state index contributed by atoms with van der Waals surface area (Å²) in [6, 6.07) is 2.54. The largest absolute Gasteiger partial charge is 0.461 e. The van der Waals surface area contributed by atoms with Crippen molar-refractivity contribution in [1.82, 2.24) is 20.2 Å². The number of benzene rings is 1. The predicted octanol–water partition coefficient (Wildman–Crippen LogP) is 3.42. The van der Waals surface area contributed by atoms with Gasteiger partial charge in [0.1, 0.15) is 18.6 Å². The number of ether oxygens (including phenoxy) is 2. The van der Waals surface area contributed by atoms with Crippen LogP contribution in [0.2, 0.25) is 0 Å². The first-order valence-corrected chi connectivity index (χ1v) is 14.8. The lowest BCUT2D eigenvalue weighted by atomic mass is 9.90. The van der Waals surface area contributed by atoms with Gasteiger partial charge in [0.25, 0.3) is 0 Å². The second-order valence-corrected chi connectivity index (χ2v) is 12.6. The number of nitrogens with zero attached hydrogens (tertiary/aromatic N) is 4. The smallest absolute Gasteiger partial charge is 0.318 e. The first kappa shape index (κ1) is 27.0. The summed E-state index contributed by atoms with van der Waals surface area (Å²) in [6.45, 7) is 6.67. The van der Waals surface area contributed by atoms with Gasteiger partial charge in [-0.25, -0.2) is 8.78 Å². The number of hydrogen-bond acceptors (Lipinski definition) is 9. The summed E-state index contributed by atoms with van der Waals surface area (Å²) in [5.41, 5.74) is 8.35. The van der Waals surface area contributed by atoms with Gasteiger partial charge in [0.05, 0.1) is 29.6 Å². The van der Waals surface area contributed by atoms with Crippen LogP contribution in [0.5, 0.6) is 6.01 Å². The molecule has 0 radical (unpaired) electrons. The molecule has 7 rings (SSSR count). The quantitative estimate of drug-likeness (QED) is 0.401. The fraction of sp³-hybridized carbons (Fsp3) is 0.633. The van der Waals surface area contributed by atoms with Crippen LogP contribution in [0.25, 0.3) is 0 Å². The molecule has 0 amide bonds. The number of aromatic nitrogens is 2. The first-order chi connectivity index (χ1) is 19.7. The lowest BCUT2D eigenvalue weighted by molar-refractivity contribution is 0.0226. The van der Waals surface area contributed by atoms with Crippen molar-refractivity contribution in [2.45, 2.75) is 88.9 Å². The van der Waals surface area contributed by atoms with Crippen molar-refractivity contribution in [3.63, 3.8) is 0 Å². The maximum Gasteiger partial charge on any atom is 0.318 e. The highest BCUT2D eigenvalue weighted by molar-refractivity contribution is 5.97. The van der Waals surface area contributed by atoms with E-state index >= 15 is 4.39 Å².